The Bertz CT molecular complexity index is 1200. The number of benzene rings is 2. The minimum Gasteiger partial charge on any atom is -0.376 e. The molecule has 2 aromatic carbocycles. The molecule has 0 spiro atoms. The summed E-state index contributed by atoms with van der Waals surface area (Å²) in [5.74, 6) is 1.29. The molecule has 31 heavy (non-hydrogen) atoms. The average Bonchev–Trinajstić information content (AvgIpc) is 3.45. The van der Waals surface area contributed by atoms with E-state index in [0.717, 1.165) is 47.7 Å². The molecular weight excluding hydrogens is 388 g/mol. The van der Waals surface area contributed by atoms with E-state index in [1.165, 1.54) is 11.1 Å². The summed E-state index contributed by atoms with van der Waals surface area (Å²) in [4.78, 5) is 9.56. The van der Waals surface area contributed by atoms with Crippen LogP contribution in [0.2, 0.25) is 0 Å². The molecular formula is C24H26N6O. The molecule has 0 aliphatic carbocycles. The molecule has 1 saturated heterocycles. The van der Waals surface area contributed by atoms with Crippen LogP contribution in [0.25, 0.3) is 16.7 Å². The fourth-order valence-electron chi connectivity index (χ4n) is 3.81. The molecule has 158 valence electrons. The normalized spacial score (nSPS) is 16.0. The topological polar surface area (TPSA) is 76.9 Å². The highest BCUT2D eigenvalue weighted by Crippen LogP contribution is 2.28. The van der Waals surface area contributed by atoms with E-state index in [1.54, 1.807) is 0 Å². The van der Waals surface area contributed by atoms with Crippen LogP contribution in [0.5, 0.6) is 0 Å². The first kappa shape index (κ1) is 19.5. The van der Waals surface area contributed by atoms with E-state index in [0.29, 0.717) is 12.5 Å². The summed E-state index contributed by atoms with van der Waals surface area (Å²) < 4.78 is 7.59. The molecule has 1 fully saturated rings. The predicted molar refractivity (Wildman–Crippen MR) is 123 cm³/mol. The van der Waals surface area contributed by atoms with Crippen molar-refractivity contribution in [3.8, 4) is 5.69 Å². The van der Waals surface area contributed by atoms with Gasteiger partial charge in [0.05, 0.1) is 23.4 Å². The van der Waals surface area contributed by atoms with Crippen molar-refractivity contribution in [1.82, 2.24) is 19.7 Å². The van der Waals surface area contributed by atoms with Crippen LogP contribution in [0, 0.1) is 13.8 Å². The summed E-state index contributed by atoms with van der Waals surface area (Å²) in [6.07, 6.45) is 4.18. The number of aryl methyl sites for hydroxylation is 2. The second-order valence-corrected chi connectivity index (χ2v) is 7.96. The standard InChI is InChI=1S/C24H26N6O/c1-16-10-11-18(13-17(16)2)27-22-21-15-26-30(19-7-4-3-5-8-19)23(21)29-24(28-22)25-14-20-9-6-12-31-20/h3-5,7-8,10-11,13,15,20H,6,9,12,14H2,1-2H3,(H2,25,27,28,29). The molecule has 0 saturated carbocycles. The predicted octanol–water partition coefficient (Wildman–Crippen LogP) is 4.77. The van der Waals surface area contributed by atoms with Gasteiger partial charge in [-0.05, 0) is 62.1 Å². The number of para-hydroxylation sites is 1. The Kier molecular flexibility index (Phi) is 5.26. The first-order chi connectivity index (χ1) is 15.2. The Hall–Kier alpha value is -3.45. The van der Waals surface area contributed by atoms with Crippen molar-refractivity contribution in [2.24, 2.45) is 0 Å². The van der Waals surface area contributed by atoms with E-state index in [-0.39, 0.29) is 6.10 Å². The van der Waals surface area contributed by atoms with E-state index < -0.39 is 0 Å². The lowest BCUT2D eigenvalue weighted by molar-refractivity contribution is 0.120. The fourth-order valence-corrected chi connectivity index (χ4v) is 3.81. The van der Waals surface area contributed by atoms with Gasteiger partial charge in [0.15, 0.2) is 5.65 Å². The number of rotatable bonds is 6. The maximum Gasteiger partial charge on any atom is 0.226 e. The second kappa shape index (κ2) is 8.35. The number of nitrogens with zero attached hydrogens (tertiary/aromatic N) is 4. The molecule has 1 atom stereocenters. The molecule has 1 aliphatic rings. The quantitative estimate of drug-likeness (QED) is 0.473. The van der Waals surface area contributed by atoms with Crippen LogP contribution in [-0.2, 0) is 4.74 Å². The Balaban J connectivity index is 1.54. The molecule has 7 nitrogen and oxygen atoms in total. The molecule has 4 aromatic rings. The molecule has 1 aliphatic heterocycles. The van der Waals surface area contributed by atoms with Crippen molar-refractivity contribution in [3.05, 3.63) is 65.9 Å². The molecule has 0 amide bonds. The van der Waals surface area contributed by atoms with Gasteiger partial charge in [0, 0.05) is 18.8 Å². The van der Waals surface area contributed by atoms with Crippen molar-refractivity contribution in [2.45, 2.75) is 32.8 Å². The monoisotopic (exact) mass is 414 g/mol. The van der Waals surface area contributed by atoms with Crippen molar-refractivity contribution in [1.29, 1.82) is 0 Å². The molecule has 0 bridgehead atoms. The Morgan fingerprint density at radius 3 is 2.71 bits per heavy atom. The van der Waals surface area contributed by atoms with Gasteiger partial charge in [0.2, 0.25) is 5.95 Å². The summed E-state index contributed by atoms with van der Waals surface area (Å²) in [6.45, 7) is 5.73. The van der Waals surface area contributed by atoms with E-state index in [2.05, 4.69) is 47.8 Å². The van der Waals surface area contributed by atoms with E-state index in [9.17, 15) is 0 Å². The molecule has 0 radical (unpaired) electrons. The highest BCUT2D eigenvalue weighted by Gasteiger charge is 2.18. The van der Waals surface area contributed by atoms with Crippen molar-refractivity contribution >= 4 is 28.5 Å². The molecule has 7 heteroatoms. The van der Waals surface area contributed by atoms with Crippen LogP contribution in [0.15, 0.2) is 54.7 Å². The van der Waals surface area contributed by atoms with Crippen molar-refractivity contribution in [3.63, 3.8) is 0 Å². The number of ether oxygens (including phenoxy) is 1. The van der Waals surface area contributed by atoms with Crippen LogP contribution in [-0.4, -0.2) is 39.0 Å². The van der Waals surface area contributed by atoms with E-state index in [4.69, 9.17) is 14.7 Å². The fraction of sp³-hybridized carbons (Fsp3) is 0.292. The molecule has 1 unspecified atom stereocenters. The SMILES string of the molecule is Cc1ccc(Nc2nc(NCC3CCCO3)nc3c2cnn3-c2ccccc2)cc1C. The third-order valence-electron chi connectivity index (χ3n) is 5.71. The van der Waals surface area contributed by atoms with Crippen molar-refractivity contribution < 1.29 is 4.74 Å². The lowest BCUT2D eigenvalue weighted by Gasteiger charge is -2.14. The third kappa shape index (κ3) is 4.09. The van der Waals surface area contributed by atoms with Crippen LogP contribution in [0.4, 0.5) is 17.5 Å². The maximum absolute atomic E-state index is 5.74. The van der Waals surface area contributed by atoms with Gasteiger partial charge in [-0.3, -0.25) is 0 Å². The minimum absolute atomic E-state index is 0.203. The third-order valence-corrected chi connectivity index (χ3v) is 5.71. The van der Waals surface area contributed by atoms with Crippen LogP contribution < -0.4 is 10.6 Å². The first-order valence-electron chi connectivity index (χ1n) is 10.7. The summed E-state index contributed by atoms with van der Waals surface area (Å²) >= 11 is 0. The summed E-state index contributed by atoms with van der Waals surface area (Å²) in [5, 5.41) is 12.3. The van der Waals surface area contributed by atoms with Crippen LogP contribution in [0.3, 0.4) is 0 Å². The molecule has 3 heterocycles. The molecule has 5 rings (SSSR count). The van der Waals surface area contributed by atoms with E-state index in [1.807, 2.05) is 41.2 Å². The largest absolute Gasteiger partial charge is 0.376 e. The lowest BCUT2D eigenvalue weighted by atomic mass is 10.1. The summed E-state index contributed by atoms with van der Waals surface area (Å²) in [6, 6.07) is 16.3. The molecule has 2 N–H and O–H groups in total. The second-order valence-electron chi connectivity index (χ2n) is 7.96. The van der Waals surface area contributed by atoms with Crippen molar-refractivity contribution in [2.75, 3.05) is 23.8 Å². The smallest absolute Gasteiger partial charge is 0.226 e. The van der Waals surface area contributed by atoms with Gasteiger partial charge in [-0.25, -0.2) is 4.68 Å². The first-order valence-corrected chi connectivity index (χ1v) is 10.7. The van der Waals surface area contributed by atoms with Crippen LogP contribution in [0.1, 0.15) is 24.0 Å². The van der Waals surface area contributed by atoms with Crippen LogP contribution >= 0.6 is 0 Å². The number of hydrogen-bond donors (Lipinski definition) is 2. The van der Waals surface area contributed by atoms with Gasteiger partial charge in [-0.2, -0.15) is 15.1 Å². The van der Waals surface area contributed by atoms with Gasteiger partial charge < -0.3 is 15.4 Å². The zero-order valence-electron chi connectivity index (χ0n) is 17.8. The number of hydrogen-bond acceptors (Lipinski definition) is 6. The Labute approximate surface area is 181 Å². The maximum atomic E-state index is 5.74. The summed E-state index contributed by atoms with van der Waals surface area (Å²) in [7, 11) is 0. The zero-order chi connectivity index (χ0) is 21.2. The minimum atomic E-state index is 0.203. The molecule has 2 aromatic heterocycles. The Morgan fingerprint density at radius 1 is 1.06 bits per heavy atom. The van der Waals surface area contributed by atoms with Gasteiger partial charge >= 0.3 is 0 Å². The lowest BCUT2D eigenvalue weighted by Crippen LogP contribution is -2.20. The van der Waals surface area contributed by atoms with Gasteiger partial charge in [-0.15, -0.1) is 0 Å². The number of nitrogens with one attached hydrogen (secondary N) is 2. The number of anilines is 3. The van der Waals surface area contributed by atoms with Gasteiger partial charge in [-0.1, -0.05) is 24.3 Å². The zero-order valence-corrected chi connectivity index (χ0v) is 17.8. The summed E-state index contributed by atoms with van der Waals surface area (Å²) in [5.41, 5.74) is 5.18. The van der Waals surface area contributed by atoms with Gasteiger partial charge in [0.25, 0.3) is 0 Å². The average molecular weight is 415 g/mol. The highest BCUT2D eigenvalue weighted by molar-refractivity contribution is 5.90. The number of aromatic nitrogens is 4. The number of fused-ring (bicyclic) bond motifs is 1. The van der Waals surface area contributed by atoms with E-state index >= 15 is 0 Å². The Morgan fingerprint density at radius 2 is 1.94 bits per heavy atom. The van der Waals surface area contributed by atoms with Gasteiger partial charge in [0.1, 0.15) is 5.82 Å². The highest BCUT2D eigenvalue weighted by atomic mass is 16.5.